The van der Waals surface area contributed by atoms with Crippen LogP contribution in [0.25, 0.3) is 0 Å². The minimum Gasteiger partial charge on any atom is -0.338 e. The Morgan fingerprint density at radius 3 is 2.81 bits per heavy atom. The maximum atomic E-state index is 12.3. The molecule has 1 unspecified atom stereocenters. The minimum absolute atomic E-state index is 0.412. The summed E-state index contributed by atoms with van der Waals surface area (Å²) in [6.07, 6.45) is -0.297. The molecule has 0 aromatic carbocycles. The number of imidazole rings is 1. The first-order chi connectivity index (χ1) is 7.55. The molecule has 3 nitrogen and oxygen atoms in total. The highest BCUT2D eigenvalue weighted by Gasteiger charge is 2.34. The van der Waals surface area contributed by atoms with Crippen molar-refractivity contribution in [1.82, 2.24) is 15.3 Å². The van der Waals surface area contributed by atoms with Gasteiger partial charge in [0.25, 0.3) is 0 Å². The number of nitrogens with zero attached hydrogens (tertiary/aromatic N) is 1. The Morgan fingerprint density at radius 2 is 2.25 bits per heavy atom. The van der Waals surface area contributed by atoms with Gasteiger partial charge in [-0.05, 0) is 38.3 Å². The Labute approximate surface area is 91.5 Å². The van der Waals surface area contributed by atoms with Crippen LogP contribution < -0.4 is 5.32 Å². The molecule has 90 valence electrons. The fourth-order valence-electron chi connectivity index (χ4n) is 2.02. The summed E-state index contributed by atoms with van der Waals surface area (Å²) in [5.41, 5.74) is 0.570. The zero-order chi connectivity index (χ0) is 11.6. The van der Waals surface area contributed by atoms with Crippen molar-refractivity contribution in [2.45, 2.75) is 25.4 Å². The number of nitrogens with one attached hydrogen (secondary N) is 2. The molecular weight excluding hydrogens is 219 g/mol. The van der Waals surface area contributed by atoms with Gasteiger partial charge in [-0.2, -0.15) is 13.2 Å². The predicted molar refractivity (Wildman–Crippen MR) is 52.9 cm³/mol. The molecule has 2 rings (SSSR count). The number of H-pyrrole nitrogens is 1. The molecule has 1 aromatic rings. The van der Waals surface area contributed by atoms with Crippen molar-refractivity contribution < 1.29 is 13.2 Å². The normalized spacial score (nSPS) is 22.3. The number of alkyl halides is 3. The summed E-state index contributed by atoms with van der Waals surface area (Å²) in [4.78, 5) is 5.69. The third kappa shape index (κ3) is 2.75. The van der Waals surface area contributed by atoms with Crippen molar-refractivity contribution in [1.29, 1.82) is 0 Å². The van der Waals surface area contributed by atoms with Crippen molar-refractivity contribution in [2.24, 2.45) is 5.92 Å². The Kier molecular flexibility index (Phi) is 3.18. The van der Waals surface area contributed by atoms with Crippen LogP contribution in [0, 0.1) is 5.92 Å². The topological polar surface area (TPSA) is 40.7 Å². The summed E-state index contributed by atoms with van der Waals surface area (Å²) in [5, 5.41) is 3.24. The van der Waals surface area contributed by atoms with Crippen LogP contribution in [0.4, 0.5) is 13.2 Å². The van der Waals surface area contributed by atoms with Gasteiger partial charge in [0, 0.05) is 11.9 Å². The fraction of sp³-hybridized carbons (Fsp3) is 0.700. The van der Waals surface area contributed by atoms with Gasteiger partial charge >= 0.3 is 6.18 Å². The monoisotopic (exact) mass is 233 g/mol. The molecule has 16 heavy (non-hydrogen) atoms. The molecule has 1 atom stereocenters. The van der Waals surface area contributed by atoms with Gasteiger partial charge in [0.15, 0.2) is 0 Å². The van der Waals surface area contributed by atoms with Crippen molar-refractivity contribution in [2.75, 3.05) is 13.1 Å². The molecule has 6 heteroatoms. The highest BCUT2D eigenvalue weighted by molar-refractivity contribution is 5.05. The van der Waals surface area contributed by atoms with E-state index in [1.165, 1.54) is 6.20 Å². The van der Waals surface area contributed by atoms with Crippen LogP contribution in [0.15, 0.2) is 6.20 Å². The maximum Gasteiger partial charge on any atom is 0.449 e. The summed E-state index contributed by atoms with van der Waals surface area (Å²) in [5.74, 6) is -0.485. The van der Waals surface area contributed by atoms with Crippen molar-refractivity contribution in [3.8, 4) is 0 Å². The van der Waals surface area contributed by atoms with E-state index in [0.717, 1.165) is 25.9 Å². The molecule has 1 saturated heterocycles. The zero-order valence-corrected chi connectivity index (χ0v) is 8.77. The molecule has 1 fully saturated rings. The minimum atomic E-state index is -4.37. The summed E-state index contributed by atoms with van der Waals surface area (Å²) >= 11 is 0. The van der Waals surface area contributed by atoms with Crippen molar-refractivity contribution in [3.05, 3.63) is 17.7 Å². The maximum absolute atomic E-state index is 12.3. The number of rotatable bonds is 2. The number of halogens is 3. The third-order valence-electron chi connectivity index (χ3n) is 2.80. The first-order valence-electron chi connectivity index (χ1n) is 5.37. The number of aromatic nitrogens is 2. The second-order valence-electron chi connectivity index (χ2n) is 4.17. The Bertz CT molecular complexity index is 339. The van der Waals surface area contributed by atoms with Gasteiger partial charge in [0.05, 0.1) is 0 Å². The lowest BCUT2D eigenvalue weighted by molar-refractivity contribution is -0.144. The molecule has 2 heterocycles. The summed E-state index contributed by atoms with van der Waals surface area (Å²) in [7, 11) is 0. The van der Waals surface area contributed by atoms with Gasteiger partial charge in [-0.3, -0.25) is 0 Å². The smallest absolute Gasteiger partial charge is 0.338 e. The standard InChI is InChI=1S/C10H14F3N3/c11-10(12,13)9-15-6-8(16-9)4-7-2-1-3-14-5-7/h6-7,14H,1-5H2,(H,15,16). The fourth-order valence-corrected chi connectivity index (χ4v) is 2.02. The number of hydrogen-bond acceptors (Lipinski definition) is 2. The third-order valence-corrected chi connectivity index (χ3v) is 2.80. The van der Waals surface area contributed by atoms with Crippen LogP contribution in [0.3, 0.4) is 0 Å². The van der Waals surface area contributed by atoms with Gasteiger partial charge in [0.2, 0.25) is 5.82 Å². The van der Waals surface area contributed by atoms with Crippen LogP contribution in [-0.2, 0) is 12.6 Å². The average molecular weight is 233 g/mol. The van der Waals surface area contributed by atoms with Crippen LogP contribution in [0.1, 0.15) is 24.4 Å². The second-order valence-corrected chi connectivity index (χ2v) is 4.17. The van der Waals surface area contributed by atoms with Gasteiger partial charge in [-0.25, -0.2) is 4.98 Å². The molecule has 0 saturated carbocycles. The number of piperidine rings is 1. The quantitative estimate of drug-likeness (QED) is 0.820. The van der Waals surface area contributed by atoms with Gasteiger partial charge < -0.3 is 10.3 Å². The molecule has 1 aromatic heterocycles. The van der Waals surface area contributed by atoms with E-state index < -0.39 is 12.0 Å². The predicted octanol–water partition coefficient (Wildman–Crippen LogP) is 1.97. The lowest BCUT2D eigenvalue weighted by Crippen LogP contribution is -2.30. The van der Waals surface area contributed by atoms with Crippen LogP contribution in [-0.4, -0.2) is 23.1 Å². The lowest BCUT2D eigenvalue weighted by atomic mass is 9.95. The average Bonchev–Trinajstić information content (AvgIpc) is 2.67. The summed E-state index contributed by atoms with van der Waals surface area (Å²) in [6, 6.07) is 0. The Morgan fingerprint density at radius 1 is 1.44 bits per heavy atom. The van der Waals surface area contributed by atoms with Crippen LogP contribution in [0.5, 0.6) is 0 Å². The summed E-state index contributed by atoms with van der Waals surface area (Å²) in [6.45, 7) is 1.88. The van der Waals surface area contributed by atoms with E-state index in [1.807, 2.05) is 0 Å². The first-order valence-corrected chi connectivity index (χ1v) is 5.37. The molecule has 1 aliphatic heterocycles. The molecule has 0 aliphatic carbocycles. The van der Waals surface area contributed by atoms with Crippen molar-refractivity contribution in [3.63, 3.8) is 0 Å². The Hall–Kier alpha value is -1.04. The van der Waals surface area contributed by atoms with E-state index >= 15 is 0 Å². The van der Waals surface area contributed by atoms with Crippen molar-refractivity contribution >= 4 is 0 Å². The SMILES string of the molecule is FC(F)(F)c1ncc(CC2CCCNC2)[nH]1. The molecule has 0 radical (unpaired) electrons. The molecule has 0 amide bonds. The summed E-state index contributed by atoms with van der Waals surface area (Å²) < 4.78 is 36.8. The second kappa shape index (κ2) is 4.45. The molecule has 2 N–H and O–H groups in total. The molecule has 0 spiro atoms. The molecule has 1 aliphatic rings. The van der Waals surface area contributed by atoms with Crippen LogP contribution >= 0.6 is 0 Å². The van der Waals surface area contributed by atoms with E-state index in [0.29, 0.717) is 18.0 Å². The first kappa shape index (κ1) is 11.4. The van der Waals surface area contributed by atoms with Gasteiger partial charge in [-0.1, -0.05) is 0 Å². The van der Waals surface area contributed by atoms with E-state index in [2.05, 4.69) is 15.3 Å². The molecular formula is C10H14F3N3. The van der Waals surface area contributed by atoms with Gasteiger partial charge in [0.1, 0.15) is 0 Å². The number of aromatic amines is 1. The highest BCUT2D eigenvalue weighted by Crippen LogP contribution is 2.27. The van der Waals surface area contributed by atoms with E-state index in [4.69, 9.17) is 0 Å². The Balaban J connectivity index is 1.97. The number of hydrogen-bond donors (Lipinski definition) is 2. The molecule has 0 bridgehead atoms. The zero-order valence-electron chi connectivity index (χ0n) is 8.77. The highest BCUT2D eigenvalue weighted by atomic mass is 19.4. The van der Waals surface area contributed by atoms with E-state index in [-0.39, 0.29) is 0 Å². The van der Waals surface area contributed by atoms with Gasteiger partial charge in [-0.15, -0.1) is 0 Å². The van der Waals surface area contributed by atoms with Crippen LogP contribution in [0.2, 0.25) is 0 Å². The lowest BCUT2D eigenvalue weighted by Gasteiger charge is -2.21. The van der Waals surface area contributed by atoms with E-state index in [9.17, 15) is 13.2 Å². The van der Waals surface area contributed by atoms with E-state index in [1.54, 1.807) is 0 Å². The largest absolute Gasteiger partial charge is 0.449 e.